The molecule has 0 bridgehead atoms. The van der Waals surface area contributed by atoms with Gasteiger partial charge in [0, 0.05) is 22.9 Å². The molecule has 1 unspecified atom stereocenters. The molecular weight excluding hydrogens is 296 g/mol. The smallest absolute Gasteiger partial charge is 0.327 e. The standard InChI is InChI=1S/C13H18N2O3S2/c1-2-9-3-5-20-11(9)7-14-13(18)15-4-6-19-8-10(15)12(16)17/h3,5,10H,2,4,6-8H2,1H3,(H,14,18)(H,16,17). The number of nitrogens with zero attached hydrogens (tertiary/aromatic N) is 1. The van der Waals surface area contributed by atoms with E-state index in [1.54, 1.807) is 23.1 Å². The number of hydrogen-bond donors (Lipinski definition) is 2. The molecule has 7 heteroatoms. The topological polar surface area (TPSA) is 69.6 Å². The first-order chi connectivity index (χ1) is 9.63. The zero-order chi connectivity index (χ0) is 14.5. The van der Waals surface area contributed by atoms with E-state index in [-0.39, 0.29) is 6.03 Å². The van der Waals surface area contributed by atoms with E-state index >= 15 is 0 Å². The van der Waals surface area contributed by atoms with Crippen molar-refractivity contribution >= 4 is 35.1 Å². The molecule has 0 spiro atoms. The van der Waals surface area contributed by atoms with Gasteiger partial charge >= 0.3 is 12.0 Å². The zero-order valence-electron chi connectivity index (χ0n) is 11.3. The largest absolute Gasteiger partial charge is 0.480 e. The Morgan fingerprint density at radius 2 is 2.35 bits per heavy atom. The SMILES string of the molecule is CCc1ccsc1CNC(=O)N1CCSCC1C(=O)O. The Balaban J connectivity index is 1.95. The minimum atomic E-state index is -0.933. The lowest BCUT2D eigenvalue weighted by Crippen LogP contribution is -2.53. The predicted octanol–water partition coefficient (Wildman–Crippen LogP) is 2.02. The first-order valence-electron chi connectivity index (χ1n) is 6.53. The maximum Gasteiger partial charge on any atom is 0.327 e. The summed E-state index contributed by atoms with van der Waals surface area (Å²) in [6, 6.07) is 1.06. The number of carboxylic acids is 1. The monoisotopic (exact) mass is 314 g/mol. The van der Waals surface area contributed by atoms with E-state index in [2.05, 4.69) is 18.3 Å². The maximum absolute atomic E-state index is 12.2. The molecule has 1 aliphatic heterocycles. The van der Waals surface area contributed by atoms with E-state index in [0.717, 1.165) is 17.1 Å². The maximum atomic E-state index is 12.2. The Kier molecular flexibility index (Phi) is 5.31. The zero-order valence-corrected chi connectivity index (χ0v) is 12.9. The van der Waals surface area contributed by atoms with Gasteiger partial charge in [-0.2, -0.15) is 11.8 Å². The van der Waals surface area contributed by atoms with Gasteiger partial charge in [-0.05, 0) is 23.4 Å². The highest BCUT2D eigenvalue weighted by atomic mass is 32.2. The van der Waals surface area contributed by atoms with Gasteiger partial charge in [-0.3, -0.25) is 0 Å². The fraction of sp³-hybridized carbons (Fsp3) is 0.538. The quantitative estimate of drug-likeness (QED) is 0.892. The van der Waals surface area contributed by atoms with Crippen LogP contribution in [-0.2, 0) is 17.8 Å². The van der Waals surface area contributed by atoms with Gasteiger partial charge in [0.05, 0.1) is 6.54 Å². The summed E-state index contributed by atoms with van der Waals surface area (Å²) in [7, 11) is 0. The molecule has 20 heavy (non-hydrogen) atoms. The third-order valence-electron chi connectivity index (χ3n) is 3.29. The minimum absolute atomic E-state index is 0.284. The molecule has 2 heterocycles. The van der Waals surface area contributed by atoms with Crippen molar-refractivity contribution in [3.63, 3.8) is 0 Å². The second-order valence-corrected chi connectivity index (χ2v) is 6.65. The molecule has 2 rings (SSSR count). The van der Waals surface area contributed by atoms with Crippen LogP contribution in [0.1, 0.15) is 17.4 Å². The summed E-state index contributed by atoms with van der Waals surface area (Å²) >= 11 is 3.19. The number of urea groups is 1. The highest BCUT2D eigenvalue weighted by molar-refractivity contribution is 7.99. The number of carbonyl (C=O) groups excluding carboxylic acids is 1. The normalized spacial score (nSPS) is 18.9. The third kappa shape index (κ3) is 3.46. The van der Waals surface area contributed by atoms with Crippen molar-refractivity contribution in [1.82, 2.24) is 10.2 Å². The van der Waals surface area contributed by atoms with Gasteiger partial charge in [0.1, 0.15) is 6.04 Å². The molecule has 1 aliphatic rings. The summed E-state index contributed by atoms with van der Waals surface area (Å²) < 4.78 is 0. The molecule has 5 nitrogen and oxygen atoms in total. The summed E-state index contributed by atoms with van der Waals surface area (Å²) in [5.74, 6) is 0.316. The van der Waals surface area contributed by atoms with Crippen LogP contribution in [0.5, 0.6) is 0 Å². The Hall–Kier alpha value is -1.21. The highest BCUT2D eigenvalue weighted by Crippen LogP contribution is 2.19. The second-order valence-electron chi connectivity index (χ2n) is 4.50. The van der Waals surface area contributed by atoms with Crippen LogP contribution >= 0.6 is 23.1 Å². The number of amides is 2. The first-order valence-corrected chi connectivity index (χ1v) is 8.57. The van der Waals surface area contributed by atoms with Gasteiger partial charge in [0.25, 0.3) is 0 Å². The average molecular weight is 314 g/mol. The number of nitrogens with one attached hydrogen (secondary N) is 1. The van der Waals surface area contributed by atoms with E-state index in [0.29, 0.717) is 18.8 Å². The third-order valence-corrected chi connectivity index (χ3v) is 5.28. The minimum Gasteiger partial charge on any atom is -0.480 e. The number of carbonyl (C=O) groups is 2. The average Bonchev–Trinajstić information content (AvgIpc) is 2.92. The van der Waals surface area contributed by atoms with Crippen LogP contribution < -0.4 is 5.32 Å². The van der Waals surface area contributed by atoms with Crippen LogP contribution in [0, 0.1) is 0 Å². The molecule has 0 aromatic carbocycles. The van der Waals surface area contributed by atoms with Gasteiger partial charge in [-0.15, -0.1) is 11.3 Å². The van der Waals surface area contributed by atoms with Crippen molar-refractivity contribution in [2.45, 2.75) is 25.9 Å². The summed E-state index contributed by atoms with van der Waals surface area (Å²) in [4.78, 5) is 25.9. The molecular formula is C13H18N2O3S2. The van der Waals surface area contributed by atoms with Gasteiger partial charge in [-0.1, -0.05) is 6.92 Å². The van der Waals surface area contributed by atoms with E-state index in [1.807, 2.05) is 5.38 Å². The summed E-state index contributed by atoms with van der Waals surface area (Å²) in [5, 5.41) is 14.0. The Labute approximate surface area is 126 Å². The second kappa shape index (κ2) is 6.99. The fourth-order valence-electron chi connectivity index (χ4n) is 2.15. The number of aliphatic carboxylic acids is 1. The van der Waals surface area contributed by atoms with Crippen LogP contribution in [0.15, 0.2) is 11.4 Å². The van der Waals surface area contributed by atoms with Gasteiger partial charge < -0.3 is 15.3 Å². The lowest BCUT2D eigenvalue weighted by atomic mass is 10.2. The molecule has 1 aromatic rings. The molecule has 1 atom stereocenters. The number of thioether (sulfide) groups is 1. The lowest BCUT2D eigenvalue weighted by Gasteiger charge is -2.32. The summed E-state index contributed by atoms with van der Waals surface area (Å²) in [6.07, 6.45) is 0.937. The van der Waals surface area contributed by atoms with E-state index < -0.39 is 12.0 Å². The Morgan fingerprint density at radius 1 is 1.55 bits per heavy atom. The number of rotatable bonds is 4. The van der Waals surface area contributed by atoms with E-state index in [1.165, 1.54) is 10.5 Å². The van der Waals surface area contributed by atoms with Crippen molar-refractivity contribution in [2.75, 3.05) is 18.1 Å². The van der Waals surface area contributed by atoms with Crippen LogP contribution in [0.2, 0.25) is 0 Å². The molecule has 110 valence electrons. The molecule has 0 radical (unpaired) electrons. The molecule has 1 saturated heterocycles. The number of thiophene rings is 1. The van der Waals surface area contributed by atoms with Crippen molar-refractivity contribution in [1.29, 1.82) is 0 Å². The van der Waals surface area contributed by atoms with E-state index in [4.69, 9.17) is 5.11 Å². The van der Waals surface area contributed by atoms with Crippen molar-refractivity contribution < 1.29 is 14.7 Å². The Morgan fingerprint density at radius 3 is 3.05 bits per heavy atom. The molecule has 2 amide bonds. The number of hydrogen-bond acceptors (Lipinski definition) is 4. The number of aryl methyl sites for hydroxylation is 1. The molecule has 2 N–H and O–H groups in total. The van der Waals surface area contributed by atoms with Crippen molar-refractivity contribution in [3.05, 3.63) is 21.9 Å². The molecule has 1 aromatic heterocycles. The molecule has 0 saturated carbocycles. The summed E-state index contributed by atoms with van der Waals surface area (Å²) in [6.45, 7) is 3.03. The first kappa shape index (κ1) is 15.2. The Bertz CT molecular complexity index is 490. The van der Waals surface area contributed by atoms with E-state index in [9.17, 15) is 9.59 Å². The highest BCUT2D eigenvalue weighted by Gasteiger charge is 2.32. The molecule has 1 fully saturated rings. The fourth-order valence-corrected chi connectivity index (χ4v) is 4.10. The van der Waals surface area contributed by atoms with Crippen molar-refractivity contribution in [3.8, 4) is 0 Å². The van der Waals surface area contributed by atoms with Crippen LogP contribution in [0.3, 0.4) is 0 Å². The van der Waals surface area contributed by atoms with Crippen molar-refractivity contribution in [2.24, 2.45) is 0 Å². The van der Waals surface area contributed by atoms with Crippen LogP contribution in [0.4, 0.5) is 4.79 Å². The summed E-state index contributed by atoms with van der Waals surface area (Å²) in [5.41, 5.74) is 1.24. The van der Waals surface area contributed by atoms with Crippen LogP contribution in [-0.4, -0.2) is 46.1 Å². The number of carboxylic acid groups (broad SMARTS) is 1. The van der Waals surface area contributed by atoms with Gasteiger partial charge in [0.15, 0.2) is 0 Å². The van der Waals surface area contributed by atoms with Crippen LogP contribution in [0.25, 0.3) is 0 Å². The molecule has 0 aliphatic carbocycles. The van der Waals surface area contributed by atoms with Gasteiger partial charge in [-0.25, -0.2) is 9.59 Å². The van der Waals surface area contributed by atoms with Gasteiger partial charge in [0.2, 0.25) is 0 Å². The lowest BCUT2D eigenvalue weighted by molar-refractivity contribution is -0.141. The predicted molar refractivity (Wildman–Crippen MR) is 81.4 cm³/mol.